The molecule has 0 amide bonds. The fourth-order valence-corrected chi connectivity index (χ4v) is 5.51. The van der Waals surface area contributed by atoms with Gasteiger partial charge in [0, 0.05) is 29.4 Å². The zero-order valence-electron chi connectivity index (χ0n) is 22.6. The van der Waals surface area contributed by atoms with Crippen molar-refractivity contribution in [1.29, 1.82) is 0 Å². The van der Waals surface area contributed by atoms with E-state index in [1.807, 2.05) is 6.07 Å². The number of nitrogens with one attached hydrogen (secondary N) is 2. The number of anilines is 1. The zero-order chi connectivity index (χ0) is 28.6. The highest BCUT2D eigenvalue weighted by Crippen LogP contribution is 2.52. The van der Waals surface area contributed by atoms with Gasteiger partial charge in [0.1, 0.15) is 17.3 Å². The molecule has 41 heavy (non-hydrogen) atoms. The van der Waals surface area contributed by atoms with Crippen LogP contribution in [0.15, 0.2) is 52.7 Å². The van der Waals surface area contributed by atoms with Crippen LogP contribution in [-0.4, -0.2) is 65.3 Å². The van der Waals surface area contributed by atoms with Gasteiger partial charge in [0.2, 0.25) is 0 Å². The summed E-state index contributed by atoms with van der Waals surface area (Å²) in [6.07, 6.45) is 0.310. The van der Waals surface area contributed by atoms with E-state index in [0.717, 1.165) is 36.8 Å². The molecular weight excluding hydrogens is 535 g/mol. The van der Waals surface area contributed by atoms with Crippen LogP contribution in [0, 0.1) is 0 Å². The predicted octanol–water partition coefficient (Wildman–Crippen LogP) is 5.96. The molecule has 2 aromatic carbocycles. The lowest BCUT2D eigenvalue weighted by Gasteiger charge is -2.26. The summed E-state index contributed by atoms with van der Waals surface area (Å²) in [5, 5.41) is 11.8. The zero-order valence-corrected chi connectivity index (χ0v) is 22.6. The van der Waals surface area contributed by atoms with Gasteiger partial charge in [-0.3, -0.25) is 0 Å². The van der Waals surface area contributed by atoms with Gasteiger partial charge in [0.05, 0.1) is 18.1 Å². The Hall–Kier alpha value is -4.06. The third-order valence-electron chi connectivity index (χ3n) is 7.70. The van der Waals surface area contributed by atoms with E-state index in [1.54, 1.807) is 24.3 Å². The first kappa shape index (κ1) is 27.1. The number of H-pyrrole nitrogens is 1. The molecule has 1 fully saturated rings. The van der Waals surface area contributed by atoms with Crippen LogP contribution in [0.3, 0.4) is 0 Å². The van der Waals surface area contributed by atoms with Gasteiger partial charge < -0.3 is 19.9 Å². The number of methoxy groups -OCH3 is 1. The maximum Gasteiger partial charge on any atom is 0.442 e. The van der Waals surface area contributed by atoms with Crippen molar-refractivity contribution in [3.63, 3.8) is 0 Å². The van der Waals surface area contributed by atoms with Crippen molar-refractivity contribution in [2.75, 3.05) is 38.6 Å². The van der Waals surface area contributed by atoms with Crippen LogP contribution in [0.5, 0.6) is 0 Å². The Morgan fingerprint density at radius 2 is 1.90 bits per heavy atom. The van der Waals surface area contributed by atoms with E-state index in [9.17, 15) is 18.0 Å². The highest BCUT2D eigenvalue weighted by atomic mass is 19.4. The predicted molar refractivity (Wildman–Crippen MR) is 148 cm³/mol. The van der Waals surface area contributed by atoms with Crippen molar-refractivity contribution in [1.82, 2.24) is 19.9 Å². The number of esters is 1. The highest BCUT2D eigenvalue weighted by molar-refractivity contribution is 6.12. The molecule has 9 nitrogen and oxygen atoms in total. The lowest BCUT2D eigenvalue weighted by atomic mass is 9.99. The summed E-state index contributed by atoms with van der Waals surface area (Å²) in [5.74, 6) is 0.633. The molecule has 0 bridgehead atoms. The normalized spacial score (nSPS) is 16.8. The quantitative estimate of drug-likeness (QED) is 0.192. The minimum absolute atomic E-state index is 0.0272. The Kier molecular flexibility index (Phi) is 7.10. The Labute approximate surface area is 234 Å². The first-order chi connectivity index (χ1) is 19.8. The minimum atomic E-state index is -4.60. The number of halogens is 3. The molecule has 0 aliphatic carbocycles. The summed E-state index contributed by atoms with van der Waals surface area (Å²) in [7, 11) is 1.33. The first-order valence-electron chi connectivity index (χ1n) is 13.7. The van der Waals surface area contributed by atoms with Crippen molar-refractivity contribution < 1.29 is 22.7 Å². The SMILES string of the molecule is COC(=O)c1ccc2c(c1)[nH]c1nc(Cc3cccc(C4(C(F)(F)F)N=N4)c3)nc(NCCCN3CCCCC3)c12. The summed E-state index contributed by atoms with van der Waals surface area (Å²) in [6, 6.07) is 11.4. The number of carbonyl (C=O) groups is 1. The molecule has 214 valence electrons. The van der Waals surface area contributed by atoms with Crippen LogP contribution in [0.2, 0.25) is 0 Å². The third-order valence-corrected chi connectivity index (χ3v) is 7.70. The van der Waals surface area contributed by atoms with E-state index in [1.165, 1.54) is 38.5 Å². The van der Waals surface area contributed by atoms with Gasteiger partial charge in [-0.2, -0.15) is 13.2 Å². The van der Waals surface area contributed by atoms with E-state index in [4.69, 9.17) is 14.7 Å². The summed E-state index contributed by atoms with van der Waals surface area (Å²) in [6.45, 7) is 3.94. The van der Waals surface area contributed by atoms with Gasteiger partial charge in [-0.15, -0.1) is 10.2 Å². The number of likely N-dealkylation sites (tertiary alicyclic amines) is 1. The van der Waals surface area contributed by atoms with Crippen molar-refractivity contribution in [3.05, 3.63) is 65.0 Å². The number of nitrogens with zero attached hydrogens (tertiary/aromatic N) is 5. The van der Waals surface area contributed by atoms with Crippen molar-refractivity contribution in [3.8, 4) is 0 Å². The van der Waals surface area contributed by atoms with Crippen molar-refractivity contribution >= 4 is 33.7 Å². The summed E-state index contributed by atoms with van der Waals surface area (Å²) >= 11 is 0. The van der Waals surface area contributed by atoms with E-state index in [2.05, 4.69) is 25.4 Å². The Bertz CT molecular complexity index is 1620. The highest BCUT2D eigenvalue weighted by Gasteiger charge is 2.65. The number of hydrogen-bond donors (Lipinski definition) is 2. The molecule has 0 unspecified atom stereocenters. The molecule has 6 rings (SSSR count). The number of fused-ring (bicyclic) bond motifs is 3. The van der Waals surface area contributed by atoms with Crippen LogP contribution in [-0.2, 0) is 16.8 Å². The molecule has 0 saturated carbocycles. The molecular formula is C29H30F3N7O2. The number of piperidine rings is 1. The second kappa shape index (κ2) is 10.7. The molecule has 0 atom stereocenters. The Morgan fingerprint density at radius 3 is 2.63 bits per heavy atom. The number of benzene rings is 2. The monoisotopic (exact) mass is 565 g/mol. The number of carbonyl (C=O) groups excluding carboxylic acids is 1. The van der Waals surface area contributed by atoms with E-state index < -0.39 is 17.8 Å². The van der Waals surface area contributed by atoms with Crippen LogP contribution < -0.4 is 5.32 Å². The molecule has 4 heterocycles. The van der Waals surface area contributed by atoms with Crippen LogP contribution in [0.25, 0.3) is 21.9 Å². The van der Waals surface area contributed by atoms with Crippen molar-refractivity contribution in [2.45, 2.75) is 43.9 Å². The maximum atomic E-state index is 13.6. The van der Waals surface area contributed by atoms with Crippen LogP contribution in [0.4, 0.5) is 19.0 Å². The third kappa shape index (κ3) is 5.35. The van der Waals surface area contributed by atoms with Crippen LogP contribution >= 0.6 is 0 Å². The average Bonchev–Trinajstić information content (AvgIpc) is 3.72. The van der Waals surface area contributed by atoms with Crippen molar-refractivity contribution in [2.24, 2.45) is 10.2 Å². The summed E-state index contributed by atoms with van der Waals surface area (Å²) in [4.78, 5) is 27.4. The standard InChI is InChI=1S/C29H30F3N7O2/c1-41-27(40)19-9-10-21-22(17-19)34-26-24(21)25(33-11-6-14-39-12-3-2-4-13-39)35-23(36-26)16-18-7-5-8-20(15-18)28(37-38-28)29(30,31)32/h5,7-10,15,17H,2-4,6,11-14,16H2,1H3,(H2,33,34,35,36). The first-order valence-corrected chi connectivity index (χ1v) is 13.7. The molecule has 1 saturated heterocycles. The second-order valence-electron chi connectivity index (χ2n) is 10.5. The number of ether oxygens (including phenoxy) is 1. The molecule has 12 heteroatoms. The topological polar surface area (TPSA) is 108 Å². The number of aromatic nitrogens is 3. The Morgan fingerprint density at radius 1 is 1.10 bits per heavy atom. The average molecular weight is 566 g/mol. The smallest absolute Gasteiger partial charge is 0.442 e. The fraction of sp³-hybridized carbons (Fsp3) is 0.414. The fourth-order valence-electron chi connectivity index (χ4n) is 5.51. The lowest BCUT2D eigenvalue weighted by molar-refractivity contribution is -0.166. The van der Waals surface area contributed by atoms with Gasteiger partial charge in [0.25, 0.3) is 0 Å². The molecule has 4 aromatic rings. The van der Waals surface area contributed by atoms with Gasteiger partial charge in [-0.25, -0.2) is 14.8 Å². The molecule has 2 aromatic heterocycles. The van der Waals surface area contributed by atoms with Gasteiger partial charge in [0.15, 0.2) is 0 Å². The van der Waals surface area contributed by atoms with Gasteiger partial charge in [-0.05, 0) is 56.6 Å². The molecule has 2 aliphatic rings. The number of rotatable bonds is 9. The Balaban J connectivity index is 1.31. The summed E-state index contributed by atoms with van der Waals surface area (Å²) in [5.41, 5.74) is -0.216. The van der Waals surface area contributed by atoms with E-state index in [-0.39, 0.29) is 12.0 Å². The minimum Gasteiger partial charge on any atom is -0.465 e. The van der Waals surface area contributed by atoms with Gasteiger partial charge in [-0.1, -0.05) is 36.8 Å². The van der Waals surface area contributed by atoms with E-state index in [0.29, 0.717) is 40.5 Å². The van der Waals surface area contributed by atoms with Gasteiger partial charge >= 0.3 is 17.8 Å². The molecule has 0 radical (unpaired) electrons. The second-order valence-corrected chi connectivity index (χ2v) is 10.5. The summed E-state index contributed by atoms with van der Waals surface area (Å²) < 4.78 is 45.6. The molecule has 2 aliphatic heterocycles. The van der Waals surface area contributed by atoms with Crippen LogP contribution in [0.1, 0.15) is 53.0 Å². The largest absolute Gasteiger partial charge is 0.465 e. The number of aromatic amines is 1. The van der Waals surface area contributed by atoms with E-state index >= 15 is 0 Å². The number of alkyl halides is 3. The molecule has 0 spiro atoms. The maximum absolute atomic E-state index is 13.6. The number of hydrogen-bond acceptors (Lipinski definition) is 8. The molecule has 2 N–H and O–H groups in total. The lowest BCUT2D eigenvalue weighted by Crippen LogP contribution is -2.31.